The molecule has 0 radical (unpaired) electrons. The Morgan fingerprint density at radius 3 is 2.50 bits per heavy atom. The number of carbonyl (C=O) groups excluding carboxylic acids is 1. The number of thiophene rings is 1. The lowest BCUT2D eigenvalue weighted by Crippen LogP contribution is -2.45. The first kappa shape index (κ1) is 22.7. The molecule has 32 heavy (non-hydrogen) atoms. The smallest absolute Gasteiger partial charge is 0.292 e. The van der Waals surface area contributed by atoms with Crippen LogP contribution in [-0.4, -0.2) is 48.5 Å². The van der Waals surface area contributed by atoms with E-state index in [1.165, 1.54) is 17.7 Å². The van der Waals surface area contributed by atoms with E-state index in [4.69, 9.17) is 0 Å². The summed E-state index contributed by atoms with van der Waals surface area (Å²) in [6.45, 7) is 6.41. The number of benzene rings is 1. The minimum absolute atomic E-state index is 0.0422. The minimum atomic E-state index is -0.333. The number of amides is 1. The summed E-state index contributed by atoms with van der Waals surface area (Å²) >= 11 is 1.76. The van der Waals surface area contributed by atoms with Gasteiger partial charge in [-0.05, 0) is 62.2 Å². The minimum Gasteiger partial charge on any atom is -0.366 e. The molecule has 1 aromatic heterocycles. The average molecular weight is 457 g/mol. The Morgan fingerprint density at radius 2 is 1.84 bits per heavy atom. The van der Waals surface area contributed by atoms with Gasteiger partial charge in [-0.15, -0.1) is 11.3 Å². The molecule has 2 saturated heterocycles. The number of carbonyl (C=O) groups is 1. The molecule has 7 nitrogen and oxygen atoms in total. The first-order chi connectivity index (χ1) is 15.5. The second-order valence-electron chi connectivity index (χ2n) is 9.00. The van der Waals surface area contributed by atoms with Gasteiger partial charge in [-0.1, -0.05) is 25.1 Å². The third-order valence-electron chi connectivity index (χ3n) is 6.89. The van der Waals surface area contributed by atoms with Crippen LogP contribution in [-0.2, 0) is 4.79 Å². The van der Waals surface area contributed by atoms with Crippen molar-refractivity contribution in [3.05, 3.63) is 56.8 Å². The van der Waals surface area contributed by atoms with Crippen LogP contribution in [0.3, 0.4) is 0 Å². The van der Waals surface area contributed by atoms with Gasteiger partial charge in [0.05, 0.1) is 11.0 Å². The zero-order chi connectivity index (χ0) is 22.5. The molecule has 8 heteroatoms. The predicted octanol–water partition coefficient (Wildman–Crippen LogP) is 4.46. The van der Waals surface area contributed by atoms with Crippen LogP contribution in [0.4, 0.5) is 11.4 Å². The number of para-hydroxylation sites is 2. The lowest BCUT2D eigenvalue weighted by Gasteiger charge is -2.37. The number of hydrogen-bond acceptors (Lipinski definition) is 6. The molecule has 1 N–H and O–H groups in total. The summed E-state index contributed by atoms with van der Waals surface area (Å²) in [5.41, 5.74) is 0.776. The number of nitro benzene ring substituents is 1. The fourth-order valence-electron chi connectivity index (χ4n) is 4.84. The van der Waals surface area contributed by atoms with Crippen molar-refractivity contribution in [2.24, 2.45) is 11.8 Å². The Hall–Kier alpha value is -2.45. The van der Waals surface area contributed by atoms with Crippen LogP contribution in [0.2, 0.25) is 0 Å². The molecular formula is C24H32N4O3S. The number of nitrogens with one attached hydrogen (secondary N) is 1. The highest BCUT2D eigenvalue weighted by molar-refractivity contribution is 7.10. The summed E-state index contributed by atoms with van der Waals surface area (Å²) in [5.74, 6) is 0.842. The molecule has 1 atom stereocenters. The van der Waals surface area contributed by atoms with Gasteiger partial charge in [-0.3, -0.25) is 19.8 Å². The number of hydrogen-bond donors (Lipinski definition) is 1. The third kappa shape index (κ3) is 5.30. The highest BCUT2D eigenvalue weighted by atomic mass is 32.1. The fourth-order valence-corrected chi connectivity index (χ4v) is 5.70. The molecule has 0 bridgehead atoms. The molecule has 2 aromatic rings. The molecule has 1 unspecified atom stereocenters. The number of piperidine rings is 2. The molecule has 0 aliphatic carbocycles. The largest absolute Gasteiger partial charge is 0.366 e. The van der Waals surface area contributed by atoms with Crippen LogP contribution in [0.15, 0.2) is 41.8 Å². The normalized spacial score (nSPS) is 19.6. The summed E-state index contributed by atoms with van der Waals surface area (Å²) in [4.78, 5) is 29.8. The maximum absolute atomic E-state index is 13.0. The number of nitro groups is 1. The van der Waals surface area contributed by atoms with E-state index in [-0.39, 0.29) is 28.5 Å². The second kappa shape index (κ2) is 10.4. The summed E-state index contributed by atoms with van der Waals surface area (Å²) in [7, 11) is 0. The SMILES string of the molecule is CC1CCN(C(CNC(=O)C2CCN(c3ccccc3[N+](=O)[O-])CC2)c2cccs2)CC1. The Morgan fingerprint density at radius 1 is 1.12 bits per heavy atom. The van der Waals surface area contributed by atoms with Gasteiger partial charge < -0.3 is 10.2 Å². The summed E-state index contributed by atoms with van der Waals surface area (Å²) in [5, 5.41) is 16.7. The Kier molecular flexibility index (Phi) is 7.42. The standard InChI is InChI=1S/C24H32N4O3S/c1-18-8-12-27(13-9-18)22(23-7-4-16-32-23)17-25-24(29)19-10-14-26(15-11-19)20-5-2-3-6-21(20)28(30)31/h2-7,16,18-19,22H,8-15,17H2,1H3,(H,25,29). The molecule has 3 heterocycles. The summed E-state index contributed by atoms with van der Waals surface area (Å²) < 4.78 is 0. The van der Waals surface area contributed by atoms with Gasteiger partial charge in [-0.2, -0.15) is 0 Å². The van der Waals surface area contributed by atoms with Crippen molar-refractivity contribution in [2.75, 3.05) is 37.6 Å². The van der Waals surface area contributed by atoms with Crippen molar-refractivity contribution in [3.63, 3.8) is 0 Å². The van der Waals surface area contributed by atoms with Gasteiger partial charge in [0.25, 0.3) is 5.69 Å². The molecule has 2 aliphatic rings. The van der Waals surface area contributed by atoms with Crippen molar-refractivity contribution in [1.82, 2.24) is 10.2 Å². The van der Waals surface area contributed by atoms with Crippen molar-refractivity contribution in [1.29, 1.82) is 0 Å². The quantitative estimate of drug-likeness (QED) is 0.492. The highest BCUT2D eigenvalue weighted by Crippen LogP contribution is 2.32. The van der Waals surface area contributed by atoms with E-state index in [9.17, 15) is 14.9 Å². The van der Waals surface area contributed by atoms with Crippen LogP contribution < -0.4 is 10.2 Å². The molecule has 172 valence electrons. The highest BCUT2D eigenvalue weighted by Gasteiger charge is 2.30. The van der Waals surface area contributed by atoms with Crippen LogP contribution in [0, 0.1) is 22.0 Å². The first-order valence-electron chi connectivity index (χ1n) is 11.6. The van der Waals surface area contributed by atoms with Crippen LogP contribution in [0.25, 0.3) is 0 Å². The van der Waals surface area contributed by atoms with Crippen LogP contribution >= 0.6 is 11.3 Å². The van der Waals surface area contributed by atoms with Crippen molar-refractivity contribution >= 4 is 28.6 Å². The second-order valence-corrected chi connectivity index (χ2v) is 9.98. The van der Waals surface area contributed by atoms with E-state index in [0.29, 0.717) is 38.2 Å². The zero-order valence-electron chi connectivity index (χ0n) is 18.6. The number of anilines is 1. The van der Waals surface area contributed by atoms with Gasteiger partial charge >= 0.3 is 0 Å². The Labute approximate surface area is 193 Å². The van der Waals surface area contributed by atoms with E-state index in [0.717, 1.165) is 19.0 Å². The van der Waals surface area contributed by atoms with E-state index in [2.05, 4.69) is 34.7 Å². The van der Waals surface area contributed by atoms with E-state index in [1.54, 1.807) is 29.5 Å². The average Bonchev–Trinajstić information content (AvgIpc) is 3.35. The summed E-state index contributed by atoms with van der Waals surface area (Å²) in [6, 6.07) is 11.3. The van der Waals surface area contributed by atoms with Gasteiger partial charge in [0.2, 0.25) is 5.91 Å². The summed E-state index contributed by atoms with van der Waals surface area (Å²) in [6.07, 6.45) is 3.84. The number of likely N-dealkylation sites (tertiary alicyclic amines) is 1. The van der Waals surface area contributed by atoms with Crippen LogP contribution in [0.1, 0.15) is 43.5 Å². The fraction of sp³-hybridized carbons (Fsp3) is 0.542. The van der Waals surface area contributed by atoms with Crippen molar-refractivity contribution in [3.8, 4) is 0 Å². The Bertz CT molecular complexity index is 904. The lowest BCUT2D eigenvalue weighted by molar-refractivity contribution is -0.384. The van der Waals surface area contributed by atoms with Gasteiger partial charge in [-0.25, -0.2) is 0 Å². The molecule has 1 amide bonds. The molecule has 1 aromatic carbocycles. The van der Waals surface area contributed by atoms with E-state index < -0.39 is 0 Å². The van der Waals surface area contributed by atoms with Gasteiger partial charge in [0.15, 0.2) is 0 Å². The van der Waals surface area contributed by atoms with Gasteiger partial charge in [0.1, 0.15) is 5.69 Å². The van der Waals surface area contributed by atoms with Gasteiger partial charge in [0, 0.05) is 36.5 Å². The first-order valence-corrected chi connectivity index (χ1v) is 12.4. The lowest BCUT2D eigenvalue weighted by atomic mass is 9.95. The number of nitrogens with zero attached hydrogens (tertiary/aromatic N) is 3. The van der Waals surface area contributed by atoms with E-state index >= 15 is 0 Å². The number of rotatable bonds is 7. The zero-order valence-corrected chi connectivity index (χ0v) is 19.4. The molecular weight excluding hydrogens is 424 g/mol. The maximum Gasteiger partial charge on any atom is 0.292 e. The third-order valence-corrected chi connectivity index (χ3v) is 7.86. The molecule has 2 fully saturated rings. The van der Waals surface area contributed by atoms with Crippen LogP contribution in [0.5, 0.6) is 0 Å². The topological polar surface area (TPSA) is 78.7 Å². The predicted molar refractivity (Wildman–Crippen MR) is 128 cm³/mol. The maximum atomic E-state index is 13.0. The monoisotopic (exact) mass is 456 g/mol. The molecule has 4 rings (SSSR count). The van der Waals surface area contributed by atoms with E-state index in [1.807, 2.05) is 11.0 Å². The molecule has 0 saturated carbocycles. The van der Waals surface area contributed by atoms with Crippen molar-refractivity contribution < 1.29 is 9.72 Å². The van der Waals surface area contributed by atoms with Crippen molar-refractivity contribution in [2.45, 2.75) is 38.6 Å². The molecule has 0 spiro atoms. The Balaban J connectivity index is 1.33. The molecule has 2 aliphatic heterocycles.